The molecule has 1 heterocycles. The van der Waals surface area contributed by atoms with Crippen molar-refractivity contribution in [2.45, 2.75) is 24.0 Å². The molecule has 0 unspecified atom stereocenters. The van der Waals surface area contributed by atoms with Gasteiger partial charge in [0.2, 0.25) is 0 Å². The predicted octanol–water partition coefficient (Wildman–Crippen LogP) is 3.45. The Kier molecular flexibility index (Phi) is 5.79. The molecule has 0 aliphatic heterocycles. The highest BCUT2D eigenvalue weighted by Gasteiger charge is 2.21. The summed E-state index contributed by atoms with van der Waals surface area (Å²) in [5, 5.41) is 8.67. The highest BCUT2D eigenvalue weighted by Crippen LogP contribution is 2.32. The topological polar surface area (TPSA) is 80.7 Å². The number of ether oxygens (including phenoxy) is 1. The predicted molar refractivity (Wildman–Crippen MR) is 89.8 cm³/mol. The zero-order valence-corrected chi connectivity index (χ0v) is 14.3. The number of unbranched alkanes of at least 4 members (excludes halogenated alkanes) is 1. The van der Waals surface area contributed by atoms with Crippen molar-refractivity contribution in [3.05, 3.63) is 36.4 Å². The smallest absolute Gasteiger partial charge is 0.319 e. The third kappa shape index (κ3) is 4.80. The summed E-state index contributed by atoms with van der Waals surface area (Å²) in [7, 11) is -3.78. The van der Waals surface area contributed by atoms with Crippen molar-refractivity contribution in [2.75, 3.05) is 12.4 Å². The average Bonchev–Trinajstić information content (AvgIpc) is 2.98. The van der Waals surface area contributed by atoms with Crippen LogP contribution in [-0.2, 0) is 14.6 Å². The first-order valence-electron chi connectivity index (χ1n) is 7.20. The van der Waals surface area contributed by atoms with Gasteiger partial charge in [0, 0.05) is 4.88 Å². The zero-order valence-electron chi connectivity index (χ0n) is 12.7. The summed E-state index contributed by atoms with van der Waals surface area (Å²) >= 11 is 1.07. The number of carboxylic acids is 1. The second-order valence-electron chi connectivity index (χ2n) is 5.00. The maximum atomic E-state index is 11.9. The van der Waals surface area contributed by atoms with Gasteiger partial charge in [-0.3, -0.25) is 4.79 Å². The summed E-state index contributed by atoms with van der Waals surface area (Å²) in [5.74, 6) is -1.47. The first kappa shape index (κ1) is 17.5. The lowest BCUT2D eigenvalue weighted by Gasteiger charge is -2.05. The molecule has 0 bridgehead atoms. The van der Waals surface area contributed by atoms with Gasteiger partial charge in [0.25, 0.3) is 0 Å². The summed E-state index contributed by atoms with van der Waals surface area (Å²) in [4.78, 5) is 11.4. The average molecular weight is 354 g/mol. The molecule has 0 atom stereocenters. The molecule has 0 saturated carbocycles. The highest BCUT2D eigenvalue weighted by molar-refractivity contribution is 7.94. The number of hydrogen-bond acceptors (Lipinski definition) is 5. The number of benzene rings is 1. The molecule has 1 aromatic carbocycles. The minimum Gasteiger partial charge on any atom is -0.494 e. The van der Waals surface area contributed by atoms with E-state index >= 15 is 0 Å². The van der Waals surface area contributed by atoms with E-state index in [0.717, 1.165) is 40.4 Å². The van der Waals surface area contributed by atoms with Crippen molar-refractivity contribution in [1.82, 2.24) is 0 Å². The van der Waals surface area contributed by atoms with Gasteiger partial charge in [-0.05, 0) is 48.4 Å². The van der Waals surface area contributed by atoms with E-state index in [-0.39, 0.29) is 4.21 Å². The van der Waals surface area contributed by atoms with Crippen molar-refractivity contribution in [3.63, 3.8) is 0 Å². The molecule has 2 aromatic rings. The molecule has 1 N–H and O–H groups in total. The molecule has 0 amide bonds. The van der Waals surface area contributed by atoms with Crippen molar-refractivity contribution in [3.8, 4) is 16.2 Å². The Bertz CT molecular complexity index is 760. The molecule has 0 aliphatic rings. The van der Waals surface area contributed by atoms with Crippen LogP contribution in [-0.4, -0.2) is 31.9 Å². The fourth-order valence-electron chi connectivity index (χ4n) is 1.93. The Labute approximate surface area is 139 Å². The van der Waals surface area contributed by atoms with Crippen LogP contribution in [0.4, 0.5) is 0 Å². The Morgan fingerprint density at radius 2 is 1.87 bits per heavy atom. The molecule has 1 aromatic heterocycles. The second-order valence-corrected chi connectivity index (χ2v) is 8.30. The lowest BCUT2D eigenvalue weighted by atomic mass is 10.2. The van der Waals surface area contributed by atoms with Crippen LogP contribution in [0.25, 0.3) is 10.4 Å². The standard InChI is InChI=1S/C16H18O5S2/c1-2-3-10-21-13-6-4-12(5-7-13)14-8-9-16(22-14)23(19,20)11-15(17)18/h4-9H,2-3,10-11H2,1H3,(H,17,18). The quantitative estimate of drug-likeness (QED) is 0.734. The summed E-state index contributed by atoms with van der Waals surface area (Å²) in [6.07, 6.45) is 2.07. The number of sulfone groups is 1. The van der Waals surface area contributed by atoms with E-state index in [0.29, 0.717) is 6.61 Å². The molecular weight excluding hydrogens is 336 g/mol. The molecule has 0 aliphatic carbocycles. The third-order valence-corrected chi connectivity index (χ3v) is 6.42. The van der Waals surface area contributed by atoms with Gasteiger partial charge in [-0.2, -0.15) is 0 Å². The number of thiophene rings is 1. The van der Waals surface area contributed by atoms with Gasteiger partial charge in [0.05, 0.1) is 6.61 Å². The van der Waals surface area contributed by atoms with E-state index < -0.39 is 21.6 Å². The zero-order chi connectivity index (χ0) is 16.9. The van der Waals surface area contributed by atoms with Gasteiger partial charge in [0.15, 0.2) is 15.6 Å². The molecular formula is C16H18O5S2. The van der Waals surface area contributed by atoms with Crippen LogP contribution in [0.1, 0.15) is 19.8 Å². The van der Waals surface area contributed by atoms with E-state index in [1.165, 1.54) is 6.07 Å². The minimum absolute atomic E-state index is 0.0678. The Balaban J connectivity index is 2.13. The van der Waals surface area contributed by atoms with Gasteiger partial charge in [0.1, 0.15) is 9.96 Å². The van der Waals surface area contributed by atoms with Crippen LogP contribution in [0.2, 0.25) is 0 Å². The highest BCUT2D eigenvalue weighted by atomic mass is 32.2. The lowest BCUT2D eigenvalue weighted by Crippen LogP contribution is -2.14. The van der Waals surface area contributed by atoms with Crippen LogP contribution in [0, 0.1) is 0 Å². The van der Waals surface area contributed by atoms with E-state index in [9.17, 15) is 13.2 Å². The van der Waals surface area contributed by atoms with Crippen molar-refractivity contribution >= 4 is 27.1 Å². The molecule has 7 heteroatoms. The third-order valence-electron chi connectivity index (χ3n) is 3.11. The van der Waals surface area contributed by atoms with E-state index in [1.54, 1.807) is 6.07 Å². The van der Waals surface area contributed by atoms with Crippen molar-refractivity contribution in [2.24, 2.45) is 0 Å². The Morgan fingerprint density at radius 3 is 2.48 bits per heavy atom. The molecule has 124 valence electrons. The number of carbonyl (C=O) groups is 1. The van der Waals surface area contributed by atoms with Gasteiger partial charge < -0.3 is 9.84 Å². The maximum Gasteiger partial charge on any atom is 0.319 e. The van der Waals surface area contributed by atoms with Gasteiger partial charge in [-0.15, -0.1) is 11.3 Å². The monoisotopic (exact) mass is 354 g/mol. The summed E-state index contributed by atoms with van der Waals surface area (Å²) < 4.78 is 29.4. The molecule has 2 rings (SSSR count). The SMILES string of the molecule is CCCCOc1ccc(-c2ccc(S(=O)(=O)CC(=O)O)s2)cc1. The first-order valence-corrected chi connectivity index (χ1v) is 9.67. The van der Waals surface area contributed by atoms with E-state index in [2.05, 4.69) is 6.92 Å². The molecule has 0 spiro atoms. The van der Waals surface area contributed by atoms with Crippen molar-refractivity contribution in [1.29, 1.82) is 0 Å². The van der Waals surface area contributed by atoms with Gasteiger partial charge in [-0.25, -0.2) is 8.42 Å². The number of aliphatic carboxylic acids is 1. The van der Waals surface area contributed by atoms with Crippen LogP contribution >= 0.6 is 11.3 Å². The Hall–Kier alpha value is -1.86. The van der Waals surface area contributed by atoms with E-state index in [1.807, 2.05) is 24.3 Å². The van der Waals surface area contributed by atoms with Crippen molar-refractivity contribution < 1.29 is 23.1 Å². The van der Waals surface area contributed by atoms with Crippen LogP contribution in [0.15, 0.2) is 40.6 Å². The van der Waals surface area contributed by atoms with Gasteiger partial charge in [-0.1, -0.05) is 13.3 Å². The van der Waals surface area contributed by atoms with Crippen LogP contribution in [0.3, 0.4) is 0 Å². The fourth-order valence-corrected chi connectivity index (χ4v) is 4.37. The number of rotatable bonds is 8. The van der Waals surface area contributed by atoms with Gasteiger partial charge >= 0.3 is 5.97 Å². The molecule has 0 radical (unpaired) electrons. The molecule has 5 nitrogen and oxygen atoms in total. The summed E-state index contributed by atoms with van der Waals surface area (Å²) in [6, 6.07) is 10.5. The van der Waals surface area contributed by atoms with Crippen LogP contribution in [0.5, 0.6) is 5.75 Å². The largest absolute Gasteiger partial charge is 0.494 e. The van der Waals surface area contributed by atoms with Crippen LogP contribution < -0.4 is 4.74 Å². The molecule has 0 fully saturated rings. The maximum absolute atomic E-state index is 11.9. The van der Waals surface area contributed by atoms with E-state index in [4.69, 9.17) is 9.84 Å². The fraction of sp³-hybridized carbons (Fsp3) is 0.312. The molecule has 23 heavy (non-hydrogen) atoms. The number of hydrogen-bond donors (Lipinski definition) is 1. The number of carboxylic acid groups (broad SMARTS) is 1. The normalized spacial score (nSPS) is 11.3. The second kappa shape index (κ2) is 7.61. The first-order chi connectivity index (χ1) is 10.9. The minimum atomic E-state index is -3.78. The summed E-state index contributed by atoms with van der Waals surface area (Å²) in [6.45, 7) is 2.77. The Morgan fingerprint density at radius 1 is 1.17 bits per heavy atom. The molecule has 0 saturated heterocycles. The lowest BCUT2D eigenvalue weighted by molar-refractivity contribution is -0.134. The summed E-state index contributed by atoms with van der Waals surface area (Å²) in [5.41, 5.74) is 0.870.